The van der Waals surface area contributed by atoms with Crippen LogP contribution in [0.5, 0.6) is 0 Å². The molecule has 0 saturated heterocycles. The fourth-order valence-corrected chi connectivity index (χ4v) is 2.40. The minimum absolute atomic E-state index is 0.0225. The summed E-state index contributed by atoms with van der Waals surface area (Å²) >= 11 is 0. The van der Waals surface area contributed by atoms with Crippen LogP contribution >= 0.6 is 0 Å². The Hall–Kier alpha value is -2.47. The summed E-state index contributed by atoms with van der Waals surface area (Å²) in [5.41, 5.74) is 0.0225. The van der Waals surface area contributed by atoms with Gasteiger partial charge in [-0.3, -0.25) is 0 Å². The van der Waals surface area contributed by atoms with Crippen LogP contribution in [0.4, 0.5) is 10.3 Å². The number of hydrogen-bond donors (Lipinski definition) is 1. The fraction of sp³-hybridized carbons (Fsp3) is 0.182. The molecule has 0 aliphatic heterocycles. The first-order chi connectivity index (χ1) is 9.46. The normalized spacial score (nSPS) is 11.1. The topological polar surface area (TPSA) is 109 Å². The van der Waals surface area contributed by atoms with E-state index in [2.05, 4.69) is 10.1 Å². The van der Waals surface area contributed by atoms with E-state index in [9.17, 15) is 12.8 Å². The molecule has 1 aromatic carbocycles. The molecule has 9 heteroatoms. The van der Waals surface area contributed by atoms with Gasteiger partial charge in [0.15, 0.2) is 0 Å². The van der Waals surface area contributed by atoms with E-state index in [1.807, 2.05) is 4.72 Å². The van der Waals surface area contributed by atoms with Crippen LogP contribution in [0.1, 0.15) is 18.4 Å². The number of nitriles is 1. The van der Waals surface area contributed by atoms with E-state index in [0.717, 1.165) is 12.1 Å². The molecule has 0 unspecified atom stereocenters. The van der Waals surface area contributed by atoms with E-state index in [1.54, 1.807) is 13.0 Å². The molecule has 1 heterocycles. The predicted octanol–water partition coefficient (Wildman–Crippen LogP) is 1.44. The lowest BCUT2D eigenvalue weighted by Gasteiger charge is -2.05. The molecule has 0 aliphatic carbocycles. The van der Waals surface area contributed by atoms with Crippen LogP contribution < -0.4 is 4.72 Å². The quantitative estimate of drug-likeness (QED) is 0.914. The zero-order valence-corrected chi connectivity index (χ0v) is 11.1. The maximum absolute atomic E-state index is 13.7. The molecule has 0 amide bonds. The Balaban J connectivity index is 2.33. The van der Waals surface area contributed by atoms with E-state index >= 15 is 0 Å². The van der Waals surface area contributed by atoms with E-state index in [-0.39, 0.29) is 17.4 Å². The van der Waals surface area contributed by atoms with Gasteiger partial charge in [0.1, 0.15) is 10.7 Å². The molecule has 0 atom stereocenters. The van der Waals surface area contributed by atoms with Crippen molar-refractivity contribution in [3.05, 3.63) is 35.5 Å². The number of aromatic nitrogens is 2. The first-order valence-electron chi connectivity index (χ1n) is 5.51. The van der Waals surface area contributed by atoms with Crippen LogP contribution in [0, 0.1) is 17.1 Å². The molecular formula is C11H9FN4O3S. The fourth-order valence-electron chi connectivity index (χ4n) is 1.40. The smallest absolute Gasteiger partial charge is 0.277 e. The summed E-state index contributed by atoms with van der Waals surface area (Å²) in [6, 6.07) is 4.74. The SMILES string of the molecule is CCc1nc(NS(=O)(=O)c2ccc(C#N)cc2F)no1. The Morgan fingerprint density at radius 2 is 2.25 bits per heavy atom. The average molecular weight is 296 g/mol. The summed E-state index contributed by atoms with van der Waals surface area (Å²) in [7, 11) is -4.18. The molecular weight excluding hydrogens is 287 g/mol. The van der Waals surface area contributed by atoms with Crippen LogP contribution in [0.25, 0.3) is 0 Å². The van der Waals surface area contributed by atoms with Crippen LogP contribution in [0.3, 0.4) is 0 Å². The van der Waals surface area contributed by atoms with Crippen LogP contribution in [0.2, 0.25) is 0 Å². The highest BCUT2D eigenvalue weighted by Gasteiger charge is 2.21. The number of halogens is 1. The molecule has 7 nitrogen and oxygen atoms in total. The second-order valence-corrected chi connectivity index (χ2v) is 5.38. The standard InChI is InChI=1S/C11H9FN4O3S/c1-2-10-14-11(15-19-10)16-20(17,18)9-4-3-7(6-13)5-8(9)12/h3-5H,2H2,1H3,(H,15,16). The third kappa shape index (κ3) is 2.75. The highest BCUT2D eigenvalue weighted by molar-refractivity contribution is 7.92. The number of nitrogens with one attached hydrogen (secondary N) is 1. The van der Waals surface area contributed by atoms with Gasteiger partial charge in [-0.05, 0) is 23.4 Å². The lowest BCUT2D eigenvalue weighted by molar-refractivity contribution is 0.383. The molecule has 2 rings (SSSR count). The summed E-state index contributed by atoms with van der Waals surface area (Å²) < 4.78 is 44.3. The summed E-state index contributed by atoms with van der Waals surface area (Å²) in [4.78, 5) is 3.16. The lowest BCUT2D eigenvalue weighted by Crippen LogP contribution is -2.15. The van der Waals surface area contributed by atoms with Crippen molar-refractivity contribution in [2.45, 2.75) is 18.2 Å². The van der Waals surface area contributed by atoms with Crippen molar-refractivity contribution in [3.8, 4) is 6.07 Å². The molecule has 0 fully saturated rings. The molecule has 0 spiro atoms. The molecule has 20 heavy (non-hydrogen) atoms. The van der Waals surface area contributed by atoms with Crippen molar-refractivity contribution in [1.82, 2.24) is 10.1 Å². The summed E-state index contributed by atoms with van der Waals surface area (Å²) in [6.45, 7) is 1.76. The monoisotopic (exact) mass is 296 g/mol. The van der Waals surface area contributed by atoms with Crippen LogP contribution in [-0.4, -0.2) is 18.6 Å². The second kappa shape index (κ2) is 5.26. The minimum Gasteiger partial charge on any atom is -0.337 e. The summed E-state index contributed by atoms with van der Waals surface area (Å²) in [5, 5.41) is 12.0. The highest BCUT2D eigenvalue weighted by Crippen LogP contribution is 2.18. The first kappa shape index (κ1) is 14.0. The molecule has 0 aliphatic rings. The number of anilines is 1. The molecule has 2 aromatic rings. The Labute approximate surface area is 114 Å². The number of aryl methyl sites for hydroxylation is 1. The molecule has 104 valence electrons. The summed E-state index contributed by atoms with van der Waals surface area (Å²) in [6.07, 6.45) is 0.444. The highest BCUT2D eigenvalue weighted by atomic mass is 32.2. The van der Waals surface area contributed by atoms with E-state index in [1.165, 1.54) is 6.07 Å². The molecule has 0 bridgehead atoms. The minimum atomic E-state index is -4.18. The third-order valence-electron chi connectivity index (χ3n) is 2.35. The van der Waals surface area contributed by atoms with E-state index in [4.69, 9.17) is 9.78 Å². The van der Waals surface area contributed by atoms with Gasteiger partial charge in [-0.2, -0.15) is 10.2 Å². The number of benzene rings is 1. The second-order valence-electron chi connectivity index (χ2n) is 3.73. The van der Waals surface area contributed by atoms with Crippen molar-refractivity contribution in [2.24, 2.45) is 0 Å². The third-order valence-corrected chi connectivity index (χ3v) is 3.71. The van der Waals surface area contributed by atoms with Crippen LogP contribution in [0.15, 0.2) is 27.6 Å². The predicted molar refractivity (Wildman–Crippen MR) is 65.6 cm³/mol. The van der Waals surface area contributed by atoms with Gasteiger partial charge in [0, 0.05) is 6.42 Å². The maximum Gasteiger partial charge on any atom is 0.277 e. The van der Waals surface area contributed by atoms with Crippen molar-refractivity contribution < 1.29 is 17.3 Å². The van der Waals surface area contributed by atoms with Gasteiger partial charge in [-0.15, -0.1) is 0 Å². The summed E-state index contributed by atoms with van der Waals surface area (Å²) in [5.74, 6) is -1.05. The zero-order valence-electron chi connectivity index (χ0n) is 10.3. The van der Waals surface area contributed by atoms with Crippen LogP contribution in [-0.2, 0) is 16.4 Å². The molecule has 1 aromatic heterocycles. The Bertz CT molecular complexity index is 779. The Kier molecular flexibility index (Phi) is 3.67. The maximum atomic E-state index is 13.7. The van der Waals surface area contributed by atoms with Gasteiger partial charge in [0.05, 0.1) is 11.6 Å². The number of sulfonamides is 1. The number of hydrogen-bond acceptors (Lipinski definition) is 6. The van der Waals surface area contributed by atoms with Crippen molar-refractivity contribution in [3.63, 3.8) is 0 Å². The Morgan fingerprint density at radius 3 is 2.80 bits per heavy atom. The average Bonchev–Trinajstić information content (AvgIpc) is 2.85. The van der Waals surface area contributed by atoms with Gasteiger partial charge in [0.2, 0.25) is 5.89 Å². The molecule has 0 saturated carbocycles. The largest absolute Gasteiger partial charge is 0.337 e. The first-order valence-corrected chi connectivity index (χ1v) is 6.99. The van der Waals surface area contributed by atoms with Gasteiger partial charge < -0.3 is 4.52 Å². The van der Waals surface area contributed by atoms with Crippen molar-refractivity contribution >= 4 is 16.0 Å². The molecule has 0 radical (unpaired) electrons. The van der Waals surface area contributed by atoms with Crippen molar-refractivity contribution in [2.75, 3.05) is 4.72 Å². The van der Waals surface area contributed by atoms with E-state index < -0.39 is 20.7 Å². The van der Waals surface area contributed by atoms with E-state index in [0.29, 0.717) is 6.42 Å². The molecule has 1 N–H and O–H groups in total. The van der Waals surface area contributed by atoms with Gasteiger partial charge in [-0.1, -0.05) is 6.92 Å². The van der Waals surface area contributed by atoms with Crippen molar-refractivity contribution in [1.29, 1.82) is 5.26 Å². The number of nitrogens with zero attached hydrogens (tertiary/aromatic N) is 3. The van der Waals surface area contributed by atoms with Gasteiger partial charge in [-0.25, -0.2) is 17.5 Å². The zero-order chi connectivity index (χ0) is 14.8. The van der Waals surface area contributed by atoms with Gasteiger partial charge >= 0.3 is 0 Å². The Morgan fingerprint density at radius 1 is 1.50 bits per heavy atom. The lowest BCUT2D eigenvalue weighted by atomic mass is 10.2. The van der Waals surface area contributed by atoms with Gasteiger partial charge in [0.25, 0.3) is 16.0 Å². The number of rotatable bonds is 4.